The molecule has 0 unspecified atom stereocenters. The first-order valence-corrected chi connectivity index (χ1v) is 6.36. The lowest BCUT2D eigenvalue weighted by Crippen LogP contribution is -2.24. The minimum absolute atomic E-state index is 0.129. The summed E-state index contributed by atoms with van der Waals surface area (Å²) in [5.74, 6) is 0. The lowest BCUT2D eigenvalue weighted by atomic mass is 10.3. The van der Waals surface area contributed by atoms with E-state index in [1.54, 1.807) is 14.0 Å². The number of non-ortho nitro benzene ring substituents is 1. The van der Waals surface area contributed by atoms with Crippen LogP contribution in [0.15, 0.2) is 23.1 Å². The molecule has 0 radical (unpaired) electrons. The van der Waals surface area contributed by atoms with Gasteiger partial charge in [-0.25, -0.2) is 13.1 Å². The van der Waals surface area contributed by atoms with Crippen LogP contribution in [0, 0.1) is 10.1 Å². The zero-order chi connectivity index (χ0) is 13.1. The standard InChI is InChI=1S/C9H13N3O4S/c1-3-11-17(15,16)9-6-7(12(13)14)4-5-8(9)10-2/h4-6,10-11H,3H2,1-2H3. The highest BCUT2D eigenvalue weighted by Crippen LogP contribution is 2.25. The summed E-state index contributed by atoms with van der Waals surface area (Å²) in [4.78, 5) is 9.84. The molecule has 0 bridgehead atoms. The van der Waals surface area contributed by atoms with Crippen LogP contribution in [-0.2, 0) is 10.0 Å². The van der Waals surface area contributed by atoms with Crippen molar-refractivity contribution in [2.45, 2.75) is 11.8 Å². The molecule has 8 heteroatoms. The van der Waals surface area contributed by atoms with Gasteiger partial charge in [-0.1, -0.05) is 6.92 Å². The van der Waals surface area contributed by atoms with Crippen molar-refractivity contribution < 1.29 is 13.3 Å². The topological polar surface area (TPSA) is 101 Å². The van der Waals surface area contributed by atoms with Crippen molar-refractivity contribution in [3.63, 3.8) is 0 Å². The van der Waals surface area contributed by atoms with E-state index in [0.717, 1.165) is 6.07 Å². The molecule has 1 aromatic rings. The lowest BCUT2D eigenvalue weighted by molar-refractivity contribution is -0.385. The maximum atomic E-state index is 11.8. The van der Waals surface area contributed by atoms with Gasteiger partial charge in [-0.3, -0.25) is 10.1 Å². The molecule has 0 aromatic heterocycles. The number of nitrogens with zero attached hydrogens (tertiary/aromatic N) is 1. The largest absolute Gasteiger partial charge is 0.387 e. The van der Waals surface area contributed by atoms with E-state index in [9.17, 15) is 18.5 Å². The molecule has 0 aliphatic rings. The highest BCUT2D eigenvalue weighted by molar-refractivity contribution is 7.89. The molecule has 2 N–H and O–H groups in total. The molecular weight excluding hydrogens is 246 g/mol. The Morgan fingerprint density at radius 3 is 2.53 bits per heavy atom. The minimum atomic E-state index is -3.73. The van der Waals surface area contributed by atoms with Crippen molar-refractivity contribution in [2.24, 2.45) is 0 Å². The maximum Gasteiger partial charge on any atom is 0.270 e. The normalized spacial score (nSPS) is 11.2. The molecule has 0 heterocycles. The second kappa shape index (κ2) is 5.11. The Kier molecular flexibility index (Phi) is 4.02. The lowest BCUT2D eigenvalue weighted by Gasteiger charge is -2.09. The average molecular weight is 259 g/mol. The number of nitro benzene ring substituents is 1. The molecule has 0 saturated heterocycles. The summed E-state index contributed by atoms with van der Waals surface area (Å²) >= 11 is 0. The van der Waals surface area contributed by atoms with Gasteiger partial charge in [0.05, 0.1) is 10.6 Å². The highest BCUT2D eigenvalue weighted by Gasteiger charge is 2.20. The number of sulfonamides is 1. The fourth-order valence-electron chi connectivity index (χ4n) is 1.32. The van der Waals surface area contributed by atoms with E-state index in [1.165, 1.54) is 12.1 Å². The van der Waals surface area contributed by atoms with Crippen molar-refractivity contribution in [3.05, 3.63) is 28.3 Å². The third-order valence-corrected chi connectivity index (χ3v) is 3.65. The van der Waals surface area contributed by atoms with Gasteiger partial charge in [0.1, 0.15) is 4.90 Å². The number of hydrogen-bond acceptors (Lipinski definition) is 5. The Morgan fingerprint density at radius 2 is 2.06 bits per heavy atom. The Balaban J connectivity index is 3.38. The highest BCUT2D eigenvalue weighted by atomic mass is 32.2. The summed E-state index contributed by atoms with van der Waals surface area (Å²) in [5.41, 5.74) is 0.0528. The SMILES string of the molecule is CCNS(=O)(=O)c1cc([N+](=O)[O-])ccc1NC. The smallest absolute Gasteiger partial charge is 0.270 e. The molecule has 0 aliphatic carbocycles. The number of nitrogens with one attached hydrogen (secondary N) is 2. The van der Waals surface area contributed by atoms with Crippen molar-refractivity contribution in [1.82, 2.24) is 4.72 Å². The molecular formula is C9H13N3O4S. The van der Waals surface area contributed by atoms with Crippen molar-refractivity contribution in [1.29, 1.82) is 0 Å². The Hall–Kier alpha value is -1.67. The molecule has 0 atom stereocenters. The van der Waals surface area contributed by atoms with Gasteiger partial charge in [0, 0.05) is 25.7 Å². The predicted molar refractivity (Wildman–Crippen MR) is 63.5 cm³/mol. The molecule has 0 aliphatic heterocycles. The number of anilines is 1. The number of rotatable bonds is 5. The molecule has 94 valence electrons. The van der Waals surface area contributed by atoms with E-state index < -0.39 is 14.9 Å². The molecule has 0 amide bonds. The minimum Gasteiger partial charge on any atom is -0.387 e. The Labute approximate surface area is 99.0 Å². The van der Waals surface area contributed by atoms with Gasteiger partial charge in [0.2, 0.25) is 10.0 Å². The van der Waals surface area contributed by atoms with Crippen LogP contribution < -0.4 is 10.0 Å². The van der Waals surface area contributed by atoms with Gasteiger partial charge in [0.25, 0.3) is 5.69 Å². The molecule has 1 aromatic carbocycles. The van der Waals surface area contributed by atoms with Gasteiger partial charge in [0.15, 0.2) is 0 Å². The van der Waals surface area contributed by atoms with Crippen LogP contribution in [0.25, 0.3) is 0 Å². The summed E-state index contributed by atoms with van der Waals surface area (Å²) in [5, 5.41) is 13.3. The van der Waals surface area contributed by atoms with E-state index >= 15 is 0 Å². The van der Waals surface area contributed by atoms with Gasteiger partial charge < -0.3 is 5.32 Å². The van der Waals surface area contributed by atoms with E-state index in [0.29, 0.717) is 5.69 Å². The first-order chi connectivity index (χ1) is 7.92. The Morgan fingerprint density at radius 1 is 1.41 bits per heavy atom. The van der Waals surface area contributed by atoms with E-state index in [1.807, 2.05) is 0 Å². The van der Waals surface area contributed by atoms with Crippen molar-refractivity contribution in [3.8, 4) is 0 Å². The van der Waals surface area contributed by atoms with Crippen LogP contribution in [0.5, 0.6) is 0 Å². The molecule has 7 nitrogen and oxygen atoms in total. The molecule has 17 heavy (non-hydrogen) atoms. The average Bonchev–Trinajstić information content (AvgIpc) is 2.28. The van der Waals surface area contributed by atoms with Crippen LogP contribution in [0.1, 0.15) is 6.92 Å². The summed E-state index contributed by atoms with van der Waals surface area (Å²) in [6.45, 7) is 1.85. The second-order valence-electron chi connectivity index (χ2n) is 3.19. The summed E-state index contributed by atoms with van der Waals surface area (Å²) in [6.07, 6.45) is 0. The van der Waals surface area contributed by atoms with Crippen molar-refractivity contribution >= 4 is 21.4 Å². The zero-order valence-electron chi connectivity index (χ0n) is 9.43. The third kappa shape index (κ3) is 2.92. The number of benzene rings is 1. The second-order valence-corrected chi connectivity index (χ2v) is 4.92. The Bertz CT molecular complexity index is 527. The summed E-state index contributed by atoms with van der Waals surface area (Å²) < 4.78 is 25.9. The molecule has 1 rings (SSSR count). The zero-order valence-corrected chi connectivity index (χ0v) is 10.2. The van der Waals surface area contributed by atoms with Crippen LogP contribution in [-0.4, -0.2) is 26.9 Å². The fourth-order valence-corrected chi connectivity index (χ4v) is 2.59. The first kappa shape index (κ1) is 13.4. The summed E-state index contributed by atoms with van der Waals surface area (Å²) in [7, 11) is -2.18. The molecule has 0 spiro atoms. The van der Waals surface area contributed by atoms with Crippen molar-refractivity contribution in [2.75, 3.05) is 18.9 Å². The van der Waals surface area contributed by atoms with Crippen LogP contribution >= 0.6 is 0 Å². The predicted octanol–water partition coefficient (Wildman–Crippen LogP) is 0.935. The quantitative estimate of drug-likeness (QED) is 0.605. The van der Waals surface area contributed by atoms with E-state index in [4.69, 9.17) is 0 Å². The maximum absolute atomic E-state index is 11.8. The van der Waals surface area contributed by atoms with Gasteiger partial charge >= 0.3 is 0 Å². The third-order valence-electron chi connectivity index (χ3n) is 2.07. The van der Waals surface area contributed by atoms with Crippen LogP contribution in [0.4, 0.5) is 11.4 Å². The van der Waals surface area contributed by atoms with Crippen LogP contribution in [0.3, 0.4) is 0 Å². The van der Waals surface area contributed by atoms with Gasteiger partial charge in [-0.15, -0.1) is 0 Å². The number of hydrogen-bond donors (Lipinski definition) is 2. The fraction of sp³-hybridized carbons (Fsp3) is 0.333. The molecule has 0 fully saturated rings. The van der Waals surface area contributed by atoms with Gasteiger partial charge in [-0.05, 0) is 6.07 Å². The first-order valence-electron chi connectivity index (χ1n) is 4.88. The summed E-state index contributed by atoms with van der Waals surface area (Å²) in [6, 6.07) is 3.64. The van der Waals surface area contributed by atoms with Crippen LogP contribution in [0.2, 0.25) is 0 Å². The monoisotopic (exact) mass is 259 g/mol. The van der Waals surface area contributed by atoms with E-state index in [2.05, 4.69) is 10.0 Å². The number of nitro groups is 1. The van der Waals surface area contributed by atoms with E-state index in [-0.39, 0.29) is 17.1 Å². The van der Waals surface area contributed by atoms with Gasteiger partial charge in [-0.2, -0.15) is 0 Å². The molecule has 0 saturated carbocycles.